The van der Waals surface area contributed by atoms with E-state index in [2.05, 4.69) is 0 Å². The van der Waals surface area contributed by atoms with Crippen molar-refractivity contribution in [3.8, 4) is 17.1 Å². The number of carbonyl (C=O) groups is 1. The number of ether oxygens (including phenoxy) is 1. The third-order valence-electron chi connectivity index (χ3n) is 6.79. The van der Waals surface area contributed by atoms with Gasteiger partial charge < -0.3 is 14.4 Å². The lowest BCUT2D eigenvalue weighted by atomic mass is 9.86. The Labute approximate surface area is 170 Å². The van der Waals surface area contributed by atoms with Crippen LogP contribution in [-0.4, -0.2) is 20.6 Å². The van der Waals surface area contributed by atoms with Crippen molar-refractivity contribution in [1.82, 2.24) is 9.55 Å². The summed E-state index contributed by atoms with van der Waals surface area (Å²) in [5.41, 5.74) is 5.51. The number of phenolic OH excluding ortho intramolecular Hbond substituents is 1. The third kappa shape index (κ3) is 2.10. The Morgan fingerprint density at radius 1 is 1.20 bits per heavy atom. The molecule has 2 aliphatic heterocycles. The minimum Gasteiger partial charge on any atom is -0.505 e. The molecular formula is C23H19FN2O4. The van der Waals surface area contributed by atoms with Gasteiger partial charge in [-0.2, -0.15) is 0 Å². The van der Waals surface area contributed by atoms with Gasteiger partial charge in [-0.05, 0) is 42.9 Å². The van der Waals surface area contributed by atoms with E-state index in [1.54, 1.807) is 4.57 Å². The van der Waals surface area contributed by atoms with Crippen LogP contribution in [0.3, 0.4) is 0 Å². The molecule has 0 radical (unpaired) electrons. The fourth-order valence-electron chi connectivity index (χ4n) is 5.36. The zero-order chi connectivity index (χ0) is 20.7. The predicted molar refractivity (Wildman–Crippen MR) is 107 cm³/mol. The average molecular weight is 406 g/mol. The van der Waals surface area contributed by atoms with E-state index in [1.165, 1.54) is 6.07 Å². The van der Waals surface area contributed by atoms with Crippen LogP contribution in [0, 0.1) is 5.82 Å². The van der Waals surface area contributed by atoms with Crippen molar-refractivity contribution in [2.45, 2.75) is 51.7 Å². The summed E-state index contributed by atoms with van der Waals surface area (Å²) in [5, 5.41) is 11.1. The summed E-state index contributed by atoms with van der Waals surface area (Å²) >= 11 is 0. The number of hydrogen-bond donors (Lipinski definition) is 1. The van der Waals surface area contributed by atoms with Crippen molar-refractivity contribution >= 4 is 16.9 Å². The Morgan fingerprint density at radius 3 is 2.80 bits per heavy atom. The van der Waals surface area contributed by atoms with Gasteiger partial charge in [-0.25, -0.2) is 9.37 Å². The Kier molecular flexibility index (Phi) is 3.47. The molecule has 0 saturated heterocycles. The SMILES string of the molecule is CC[C@H]1C(=O)OCc2c1cc1n(c2=O)Cc2c-1nc1cc(F)c(O)c3c1c2CCC3. The van der Waals surface area contributed by atoms with Crippen molar-refractivity contribution in [2.24, 2.45) is 0 Å². The first-order valence-corrected chi connectivity index (χ1v) is 10.3. The highest BCUT2D eigenvalue weighted by Gasteiger charge is 2.35. The van der Waals surface area contributed by atoms with Gasteiger partial charge in [-0.1, -0.05) is 6.92 Å². The number of nitrogens with zero attached hydrogens (tertiary/aromatic N) is 2. The minimum atomic E-state index is -0.674. The van der Waals surface area contributed by atoms with Gasteiger partial charge in [-0.3, -0.25) is 9.59 Å². The topological polar surface area (TPSA) is 81.4 Å². The highest BCUT2D eigenvalue weighted by atomic mass is 19.1. The largest absolute Gasteiger partial charge is 0.505 e. The maximum atomic E-state index is 14.3. The van der Waals surface area contributed by atoms with Crippen molar-refractivity contribution in [2.75, 3.05) is 0 Å². The monoisotopic (exact) mass is 406 g/mol. The summed E-state index contributed by atoms with van der Waals surface area (Å²) in [6.45, 7) is 2.27. The van der Waals surface area contributed by atoms with Gasteiger partial charge in [-0.15, -0.1) is 0 Å². The van der Waals surface area contributed by atoms with Crippen LogP contribution >= 0.6 is 0 Å². The van der Waals surface area contributed by atoms with Crippen LogP contribution in [0.2, 0.25) is 0 Å². The quantitative estimate of drug-likeness (QED) is 0.491. The number of fused-ring (bicyclic) bond motifs is 5. The smallest absolute Gasteiger partial charge is 0.313 e. The Balaban J connectivity index is 1.67. The van der Waals surface area contributed by atoms with Crippen LogP contribution in [0.5, 0.6) is 5.75 Å². The lowest BCUT2D eigenvalue weighted by Crippen LogP contribution is -2.32. The molecule has 2 aromatic heterocycles. The van der Waals surface area contributed by atoms with Gasteiger partial charge in [0.2, 0.25) is 0 Å². The van der Waals surface area contributed by atoms with Gasteiger partial charge in [0.05, 0.1) is 34.9 Å². The van der Waals surface area contributed by atoms with Gasteiger partial charge in [0.25, 0.3) is 5.56 Å². The van der Waals surface area contributed by atoms with Gasteiger partial charge in [0.15, 0.2) is 11.6 Å². The van der Waals surface area contributed by atoms with Crippen LogP contribution in [0.4, 0.5) is 4.39 Å². The molecule has 0 bridgehead atoms. The maximum absolute atomic E-state index is 14.3. The van der Waals surface area contributed by atoms with Crippen LogP contribution in [0.25, 0.3) is 22.3 Å². The Bertz CT molecular complexity index is 1360. The first-order chi connectivity index (χ1) is 14.5. The predicted octanol–water partition coefficient (Wildman–Crippen LogP) is 3.31. The number of halogens is 1. The van der Waals surface area contributed by atoms with Gasteiger partial charge in [0, 0.05) is 22.6 Å². The molecule has 152 valence electrons. The van der Waals surface area contributed by atoms with Gasteiger partial charge >= 0.3 is 5.97 Å². The number of phenols is 1. The van der Waals surface area contributed by atoms with E-state index < -0.39 is 11.7 Å². The first-order valence-electron chi connectivity index (χ1n) is 10.3. The lowest BCUT2D eigenvalue weighted by molar-refractivity contribution is -0.148. The number of pyridine rings is 2. The van der Waals surface area contributed by atoms with Crippen LogP contribution < -0.4 is 5.56 Å². The molecule has 4 heterocycles. The van der Waals surface area contributed by atoms with Crippen molar-refractivity contribution in [1.29, 1.82) is 0 Å². The molecule has 3 aliphatic rings. The molecule has 3 aromatic rings. The summed E-state index contributed by atoms with van der Waals surface area (Å²) in [7, 11) is 0. The van der Waals surface area contributed by atoms with Crippen molar-refractivity contribution in [3.63, 3.8) is 0 Å². The van der Waals surface area contributed by atoms with E-state index in [9.17, 15) is 19.1 Å². The van der Waals surface area contributed by atoms with Crippen LogP contribution in [0.15, 0.2) is 16.9 Å². The average Bonchev–Trinajstić information content (AvgIpc) is 3.11. The molecular weight excluding hydrogens is 387 g/mol. The molecule has 0 fully saturated rings. The molecule has 30 heavy (non-hydrogen) atoms. The van der Waals surface area contributed by atoms with Crippen LogP contribution in [-0.2, 0) is 35.5 Å². The normalized spacial score (nSPS) is 18.7. The fourth-order valence-corrected chi connectivity index (χ4v) is 5.36. The number of aromatic nitrogens is 2. The zero-order valence-corrected chi connectivity index (χ0v) is 16.4. The molecule has 6 rings (SSSR count). The lowest BCUT2D eigenvalue weighted by Gasteiger charge is -2.24. The third-order valence-corrected chi connectivity index (χ3v) is 6.79. The number of carbonyl (C=O) groups excluding carboxylic acids is 1. The number of aromatic hydroxyl groups is 1. The second-order valence-corrected chi connectivity index (χ2v) is 8.27. The molecule has 0 spiro atoms. The summed E-state index contributed by atoms with van der Waals surface area (Å²) in [6.07, 6.45) is 2.75. The van der Waals surface area contributed by atoms with E-state index in [-0.39, 0.29) is 23.9 Å². The second kappa shape index (κ2) is 5.90. The summed E-state index contributed by atoms with van der Waals surface area (Å²) < 4.78 is 21.3. The molecule has 1 aromatic carbocycles. The number of hydrogen-bond acceptors (Lipinski definition) is 5. The number of rotatable bonds is 1. The highest BCUT2D eigenvalue weighted by Crippen LogP contribution is 2.43. The maximum Gasteiger partial charge on any atom is 0.313 e. The number of aryl methyl sites for hydroxylation is 2. The molecule has 0 saturated carbocycles. The highest BCUT2D eigenvalue weighted by molar-refractivity contribution is 5.93. The standard InChI is InChI=1S/C23H19FN2O4/c1-2-10-13-6-18-20-14(8-26(18)22(28)15(13)9-30-23(10)29)11-4-3-5-12-19(11)17(25-20)7-16(24)21(12)27/h6-7,10,27H,2-5,8-9H2,1H3/t10-/m1/s1. The van der Waals surface area contributed by atoms with Crippen molar-refractivity contribution < 1.29 is 19.0 Å². The van der Waals surface area contributed by atoms with Crippen LogP contribution in [0.1, 0.15) is 53.5 Å². The molecule has 1 atom stereocenters. The number of benzene rings is 1. The number of cyclic esters (lactones) is 1. The van der Waals surface area contributed by atoms with Gasteiger partial charge in [0.1, 0.15) is 6.61 Å². The molecule has 0 amide bonds. The van der Waals surface area contributed by atoms with E-state index in [0.717, 1.165) is 29.4 Å². The Morgan fingerprint density at radius 2 is 2.00 bits per heavy atom. The molecule has 6 nitrogen and oxygen atoms in total. The summed E-state index contributed by atoms with van der Waals surface area (Å²) in [6, 6.07) is 3.16. The second-order valence-electron chi connectivity index (χ2n) is 8.27. The zero-order valence-electron chi connectivity index (χ0n) is 16.4. The Hall–Kier alpha value is -3.22. The van der Waals surface area contributed by atoms with E-state index >= 15 is 0 Å². The summed E-state index contributed by atoms with van der Waals surface area (Å²) in [4.78, 5) is 30.2. The molecule has 7 heteroatoms. The molecule has 1 aliphatic carbocycles. The van der Waals surface area contributed by atoms with E-state index in [4.69, 9.17) is 9.72 Å². The number of esters is 1. The summed E-state index contributed by atoms with van der Waals surface area (Å²) in [5.74, 6) is -1.74. The van der Waals surface area contributed by atoms with E-state index in [0.29, 0.717) is 53.0 Å². The minimum absolute atomic E-state index is 0.00832. The fraction of sp³-hybridized carbons (Fsp3) is 0.348. The van der Waals surface area contributed by atoms with Crippen molar-refractivity contribution in [3.05, 3.63) is 56.1 Å². The first kappa shape index (κ1) is 17.6. The molecule has 0 unspecified atom stereocenters. The van der Waals surface area contributed by atoms with E-state index in [1.807, 2.05) is 13.0 Å². The molecule has 1 N–H and O–H groups in total.